The fourth-order valence-corrected chi connectivity index (χ4v) is 6.09. The molecule has 4 rings (SSSR count). The lowest BCUT2D eigenvalue weighted by Crippen LogP contribution is -2.61. The van der Waals surface area contributed by atoms with Gasteiger partial charge in [-0.2, -0.15) is 0 Å². The van der Waals surface area contributed by atoms with E-state index in [1.54, 1.807) is 0 Å². The topological polar surface area (TPSA) is 95.9 Å². The molecular formula is C29H37NO5. The van der Waals surface area contributed by atoms with E-state index < -0.39 is 35.6 Å². The number of esters is 1. The van der Waals surface area contributed by atoms with Crippen molar-refractivity contribution < 1.29 is 24.5 Å². The van der Waals surface area contributed by atoms with Crippen molar-refractivity contribution in [2.45, 2.75) is 69.8 Å². The van der Waals surface area contributed by atoms with Crippen molar-refractivity contribution in [1.29, 1.82) is 0 Å². The van der Waals surface area contributed by atoms with Crippen LogP contribution in [0.4, 0.5) is 0 Å². The molecule has 8 atom stereocenters. The predicted octanol–water partition coefficient (Wildman–Crippen LogP) is 3.49. The second-order valence-corrected chi connectivity index (χ2v) is 10.5. The van der Waals surface area contributed by atoms with Gasteiger partial charge >= 0.3 is 5.97 Å². The molecule has 1 aromatic carbocycles. The molecule has 6 heteroatoms. The second-order valence-electron chi connectivity index (χ2n) is 10.5. The Balaban J connectivity index is 1.78. The Labute approximate surface area is 207 Å². The number of carbonyl (C=O) groups excluding carboxylic acids is 2. The quantitative estimate of drug-likeness (QED) is 0.446. The van der Waals surface area contributed by atoms with E-state index in [4.69, 9.17) is 4.74 Å². The van der Waals surface area contributed by atoms with Crippen LogP contribution in [0.5, 0.6) is 0 Å². The molecule has 3 aliphatic rings. The molecule has 3 N–H and O–H groups in total. The zero-order valence-corrected chi connectivity index (χ0v) is 20.6. The van der Waals surface area contributed by atoms with E-state index in [0.717, 1.165) is 24.8 Å². The van der Waals surface area contributed by atoms with Gasteiger partial charge in [0, 0.05) is 18.0 Å². The molecule has 1 saturated heterocycles. The van der Waals surface area contributed by atoms with Gasteiger partial charge < -0.3 is 20.3 Å². The lowest BCUT2D eigenvalue weighted by atomic mass is 9.59. The molecule has 0 radical (unpaired) electrons. The molecule has 1 spiro atoms. The molecule has 2 aliphatic heterocycles. The minimum Gasteiger partial charge on any atom is -0.445 e. The molecule has 1 aromatic rings. The number of rotatable bonds is 2. The molecule has 0 aromatic heterocycles. The number of aliphatic hydroxyl groups excluding tert-OH is 2. The normalized spacial score (nSPS) is 38.2. The first-order chi connectivity index (χ1) is 16.7. The van der Waals surface area contributed by atoms with Gasteiger partial charge in [-0.05, 0) is 48.3 Å². The van der Waals surface area contributed by atoms with E-state index in [1.165, 1.54) is 12.2 Å². The molecule has 188 valence electrons. The third-order valence-corrected chi connectivity index (χ3v) is 8.04. The Morgan fingerprint density at radius 2 is 1.86 bits per heavy atom. The van der Waals surface area contributed by atoms with Crippen molar-refractivity contribution in [3.63, 3.8) is 0 Å². The number of allylic oxidation sites excluding steroid dienone is 1. The van der Waals surface area contributed by atoms with Crippen molar-refractivity contribution in [2.24, 2.45) is 23.7 Å². The molecule has 35 heavy (non-hydrogen) atoms. The van der Waals surface area contributed by atoms with Crippen molar-refractivity contribution in [2.75, 3.05) is 0 Å². The smallest absolute Gasteiger partial charge is 0.331 e. The minimum atomic E-state index is -1.57. The Hall–Kier alpha value is -2.70. The number of carbonyl (C=O) groups is 2. The van der Waals surface area contributed by atoms with Crippen LogP contribution >= 0.6 is 0 Å². The molecule has 1 aliphatic carbocycles. The Kier molecular flexibility index (Phi) is 7.62. The fraction of sp³-hybridized carbons (Fsp3) is 0.517. The molecule has 1 unspecified atom stereocenters. The summed E-state index contributed by atoms with van der Waals surface area (Å²) in [6, 6.07) is 9.59. The van der Waals surface area contributed by atoms with Crippen LogP contribution in [0.2, 0.25) is 0 Å². The van der Waals surface area contributed by atoms with E-state index in [1.807, 2.05) is 49.4 Å². The zero-order valence-electron chi connectivity index (χ0n) is 20.6. The van der Waals surface area contributed by atoms with Gasteiger partial charge in [-0.3, -0.25) is 4.79 Å². The highest BCUT2D eigenvalue weighted by Crippen LogP contribution is 2.52. The number of hydrogen-bond donors (Lipinski definition) is 3. The summed E-state index contributed by atoms with van der Waals surface area (Å²) in [4.78, 5) is 26.8. The van der Waals surface area contributed by atoms with Crippen LogP contribution < -0.4 is 5.32 Å². The summed E-state index contributed by atoms with van der Waals surface area (Å²) in [6.07, 6.45) is 8.39. The molecule has 1 saturated carbocycles. The van der Waals surface area contributed by atoms with Crippen LogP contribution in [0.25, 0.3) is 0 Å². The summed E-state index contributed by atoms with van der Waals surface area (Å²) in [5.74, 6) is -2.13. The third-order valence-electron chi connectivity index (χ3n) is 8.04. The molecular weight excluding hydrogens is 442 g/mol. The Bertz CT molecular complexity index is 1000. The number of hydrogen-bond acceptors (Lipinski definition) is 5. The third kappa shape index (κ3) is 5.00. The number of amides is 1. The first-order valence-electron chi connectivity index (χ1n) is 12.7. The number of ether oxygens (including phenoxy) is 1. The lowest BCUT2D eigenvalue weighted by Gasteiger charge is -2.49. The first kappa shape index (κ1) is 25.4. The molecule has 2 fully saturated rings. The summed E-state index contributed by atoms with van der Waals surface area (Å²) >= 11 is 0. The van der Waals surface area contributed by atoms with Gasteiger partial charge in [0.05, 0.1) is 18.1 Å². The van der Waals surface area contributed by atoms with Gasteiger partial charge in [-0.1, -0.05) is 75.8 Å². The maximum absolute atomic E-state index is 13.7. The summed E-state index contributed by atoms with van der Waals surface area (Å²) in [5.41, 5.74) is 0.136. The van der Waals surface area contributed by atoms with Gasteiger partial charge in [0.15, 0.2) is 0 Å². The Morgan fingerprint density at radius 1 is 1.11 bits per heavy atom. The van der Waals surface area contributed by atoms with E-state index in [-0.39, 0.29) is 17.9 Å². The van der Waals surface area contributed by atoms with E-state index in [9.17, 15) is 19.8 Å². The van der Waals surface area contributed by atoms with E-state index >= 15 is 0 Å². The van der Waals surface area contributed by atoms with Crippen molar-refractivity contribution in [1.82, 2.24) is 5.32 Å². The predicted molar refractivity (Wildman–Crippen MR) is 134 cm³/mol. The number of aliphatic hydroxyl groups is 2. The molecule has 6 nitrogen and oxygen atoms in total. The standard InChI is InChI=1S/C29H37NO5/c1-18-9-7-13-22(31)15-16-25(32)35-29-23(14-8-10-18)27(33)20(3)19(2)26(29)24(30-28(29)34)17-21-11-5-4-6-12-21/h4-6,8,11-12,14-16,18-19,22-24,26-27,31,33H,3,7,9-10,13,17H2,1-2H3,(H,30,34)/t18-,19-,22-,23+,24+,26+,27-,29?/m1/s1. The highest BCUT2D eigenvalue weighted by molar-refractivity contribution is 5.94. The second kappa shape index (κ2) is 10.5. The highest BCUT2D eigenvalue weighted by Gasteiger charge is 2.67. The van der Waals surface area contributed by atoms with Gasteiger partial charge in [0.25, 0.3) is 5.91 Å². The van der Waals surface area contributed by atoms with E-state index in [0.29, 0.717) is 24.3 Å². The summed E-state index contributed by atoms with van der Waals surface area (Å²) < 4.78 is 6.05. The van der Waals surface area contributed by atoms with Gasteiger partial charge in [0.1, 0.15) is 0 Å². The van der Waals surface area contributed by atoms with E-state index in [2.05, 4.69) is 18.8 Å². The average Bonchev–Trinajstić information content (AvgIpc) is 3.09. The van der Waals surface area contributed by atoms with Crippen molar-refractivity contribution in [3.05, 3.63) is 72.4 Å². The SMILES string of the molecule is C=C1[C@@H](C)[C@H]2[C@H](Cc3ccccc3)NC(=O)C23OC(=O)C=C[C@H](O)CCC[C@@H](C)CC=C[C@H]3[C@@H]1O. The van der Waals surface area contributed by atoms with Crippen molar-refractivity contribution >= 4 is 11.9 Å². The largest absolute Gasteiger partial charge is 0.445 e. The summed E-state index contributed by atoms with van der Waals surface area (Å²) in [6.45, 7) is 8.27. The first-order valence-corrected chi connectivity index (χ1v) is 12.7. The maximum Gasteiger partial charge on any atom is 0.331 e. The zero-order chi connectivity index (χ0) is 25.2. The number of benzene rings is 1. The highest BCUT2D eigenvalue weighted by atomic mass is 16.6. The monoisotopic (exact) mass is 479 g/mol. The average molecular weight is 480 g/mol. The van der Waals surface area contributed by atoms with Gasteiger partial charge in [-0.25, -0.2) is 4.79 Å². The minimum absolute atomic E-state index is 0.262. The number of nitrogens with one attached hydrogen (secondary N) is 1. The Morgan fingerprint density at radius 3 is 2.60 bits per heavy atom. The maximum atomic E-state index is 13.7. The van der Waals surface area contributed by atoms with Gasteiger partial charge in [0.2, 0.25) is 5.60 Å². The lowest BCUT2D eigenvalue weighted by molar-refractivity contribution is -0.182. The van der Waals surface area contributed by atoms with Crippen LogP contribution in [-0.2, 0) is 20.7 Å². The summed E-state index contributed by atoms with van der Waals surface area (Å²) in [5, 5.41) is 24.7. The molecule has 1 amide bonds. The molecule has 0 bridgehead atoms. The van der Waals surface area contributed by atoms with Gasteiger partial charge in [-0.15, -0.1) is 0 Å². The van der Waals surface area contributed by atoms with Crippen LogP contribution in [0, 0.1) is 23.7 Å². The van der Waals surface area contributed by atoms with Crippen LogP contribution in [0.15, 0.2) is 66.8 Å². The fourth-order valence-electron chi connectivity index (χ4n) is 6.09. The van der Waals surface area contributed by atoms with Crippen LogP contribution in [0.3, 0.4) is 0 Å². The molecule has 2 heterocycles. The van der Waals surface area contributed by atoms with Crippen LogP contribution in [0.1, 0.15) is 45.1 Å². The van der Waals surface area contributed by atoms with Crippen LogP contribution in [-0.4, -0.2) is 45.9 Å². The summed E-state index contributed by atoms with van der Waals surface area (Å²) in [7, 11) is 0. The van der Waals surface area contributed by atoms with Crippen molar-refractivity contribution in [3.8, 4) is 0 Å².